The first-order valence-electron chi connectivity index (χ1n) is 7.70. The summed E-state index contributed by atoms with van der Waals surface area (Å²) in [5, 5.41) is 3.87. The molecule has 4 nitrogen and oxygen atoms in total. The molecular weight excluding hydrogens is 294 g/mol. The number of nitrogens with one attached hydrogen (secondary N) is 1. The van der Waals surface area contributed by atoms with Gasteiger partial charge in [-0.2, -0.15) is 0 Å². The minimum atomic E-state index is 0.0965. The highest BCUT2D eigenvalue weighted by molar-refractivity contribution is 7.99. The Labute approximate surface area is 135 Å². The van der Waals surface area contributed by atoms with E-state index in [1.54, 1.807) is 6.20 Å². The Morgan fingerprint density at radius 3 is 2.91 bits per heavy atom. The summed E-state index contributed by atoms with van der Waals surface area (Å²) >= 11 is 1.49. The molecule has 3 rings (SSSR count). The monoisotopic (exact) mass is 315 g/mol. The number of hydrogen-bond donors (Lipinski definition) is 1. The fraction of sp³-hybridized carbons (Fsp3) is 0.412. The van der Waals surface area contributed by atoms with Gasteiger partial charge in [-0.05, 0) is 30.4 Å². The van der Waals surface area contributed by atoms with Gasteiger partial charge >= 0.3 is 0 Å². The Hall–Kier alpha value is -1.75. The molecule has 1 N–H and O–H groups in total. The third-order valence-corrected chi connectivity index (χ3v) is 4.67. The van der Waals surface area contributed by atoms with Crippen LogP contribution in [0, 0.1) is 0 Å². The summed E-state index contributed by atoms with van der Waals surface area (Å²) in [6.07, 6.45) is 5.99. The topological polar surface area (TPSA) is 46.9 Å². The molecule has 1 amide bonds. The third-order valence-electron chi connectivity index (χ3n) is 3.70. The van der Waals surface area contributed by atoms with E-state index >= 15 is 0 Å². The summed E-state index contributed by atoms with van der Waals surface area (Å²) in [7, 11) is 0. The largest absolute Gasteiger partial charge is 0.353 e. The van der Waals surface area contributed by atoms with E-state index in [1.807, 2.05) is 12.3 Å². The van der Waals surface area contributed by atoms with E-state index in [-0.39, 0.29) is 5.91 Å². The fourth-order valence-electron chi connectivity index (χ4n) is 2.40. The normalized spacial score (nSPS) is 14.3. The highest BCUT2D eigenvalue weighted by Gasteiger charge is 2.23. The molecule has 0 atom stereocenters. The van der Waals surface area contributed by atoms with E-state index in [0.29, 0.717) is 17.7 Å². The van der Waals surface area contributed by atoms with Crippen molar-refractivity contribution in [1.82, 2.24) is 14.9 Å². The van der Waals surface area contributed by atoms with Gasteiger partial charge < -0.3 is 5.32 Å². The first kappa shape index (κ1) is 15.2. The number of benzene rings is 1. The number of thioether (sulfide) groups is 1. The van der Waals surface area contributed by atoms with Crippen LogP contribution >= 0.6 is 11.8 Å². The third kappa shape index (κ3) is 3.53. The van der Waals surface area contributed by atoms with Gasteiger partial charge in [0.05, 0.1) is 11.4 Å². The van der Waals surface area contributed by atoms with Crippen LogP contribution in [-0.2, 0) is 4.79 Å². The van der Waals surface area contributed by atoms with Crippen LogP contribution < -0.4 is 5.32 Å². The molecule has 1 aliphatic rings. The van der Waals surface area contributed by atoms with Crippen molar-refractivity contribution in [2.24, 2.45) is 0 Å². The maximum atomic E-state index is 11.8. The molecule has 22 heavy (non-hydrogen) atoms. The van der Waals surface area contributed by atoms with Crippen molar-refractivity contribution < 1.29 is 4.79 Å². The summed E-state index contributed by atoms with van der Waals surface area (Å²) in [5.41, 5.74) is 2.42. The van der Waals surface area contributed by atoms with Gasteiger partial charge in [-0.15, -0.1) is 0 Å². The molecule has 116 valence electrons. The number of carbonyl (C=O) groups is 1. The number of imidazole rings is 1. The second-order valence-electron chi connectivity index (χ2n) is 5.92. The van der Waals surface area contributed by atoms with E-state index < -0.39 is 0 Å². The van der Waals surface area contributed by atoms with Crippen LogP contribution in [0.5, 0.6) is 0 Å². The Morgan fingerprint density at radius 1 is 1.41 bits per heavy atom. The van der Waals surface area contributed by atoms with Crippen molar-refractivity contribution in [1.29, 1.82) is 0 Å². The zero-order valence-electron chi connectivity index (χ0n) is 13.0. The average Bonchev–Trinajstić information content (AvgIpc) is 3.19. The van der Waals surface area contributed by atoms with Gasteiger partial charge in [0.1, 0.15) is 0 Å². The number of amides is 1. The molecule has 0 spiro atoms. The van der Waals surface area contributed by atoms with E-state index in [9.17, 15) is 4.79 Å². The molecule has 1 fully saturated rings. The average molecular weight is 315 g/mol. The number of nitrogens with zero attached hydrogens (tertiary/aromatic N) is 2. The van der Waals surface area contributed by atoms with Crippen LogP contribution in [0.25, 0.3) is 5.69 Å². The minimum Gasteiger partial charge on any atom is -0.353 e. The van der Waals surface area contributed by atoms with Crippen LogP contribution in [0.4, 0.5) is 0 Å². The quantitative estimate of drug-likeness (QED) is 0.831. The van der Waals surface area contributed by atoms with Crippen LogP contribution in [0.2, 0.25) is 0 Å². The molecule has 0 radical (unpaired) electrons. The van der Waals surface area contributed by atoms with Gasteiger partial charge in [0.2, 0.25) is 5.91 Å². The summed E-state index contributed by atoms with van der Waals surface area (Å²) in [6, 6.07) is 8.76. The zero-order chi connectivity index (χ0) is 15.5. The molecular formula is C17H21N3OS. The van der Waals surface area contributed by atoms with Gasteiger partial charge in [0, 0.05) is 18.4 Å². The van der Waals surface area contributed by atoms with Crippen molar-refractivity contribution in [3.05, 3.63) is 42.2 Å². The Bertz CT molecular complexity index is 661. The molecule has 1 saturated carbocycles. The first-order chi connectivity index (χ1) is 10.6. The van der Waals surface area contributed by atoms with Crippen LogP contribution in [-0.4, -0.2) is 27.3 Å². The number of rotatable bonds is 6. The number of carbonyl (C=O) groups excluding carboxylic acids is 1. The highest BCUT2D eigenvalue weighted by Crippen LogP contribution is 2.27. The van der Waals surface area contributed by atoms with Crippen molar-refractivity contribution in [2.75, 3.05) is 5.75 Å². The molecule has 5 heteroatoms. The summed E-state index contributed by atoms with van der Waals surface area (Å²) in [6.45, 7) is 4.37. The molecule has 0 bridgehead atoms. The lowest BCUT2D eigenvalue weighted by Crippen LogP contribution is -2.27. The maximum absolute atomic E-state index is 11.8. The van der Waals surface area contributed by atoms with E-state index in [4.69, 9.17) is 0 Å². The molecule has 0 unspecified atom stereocenters. The van der Waals surface area contributed by atoms with Crippen molar-refractivity contribution in [3.8, 4) is 5.69 Å². The van der Waals surface area contributed by atoms with E-state index in [0.717, 1.165) is 23.7 Å². The number of para-hydroxylation sites is 1. The van der Waals surface area contributed by atoms with Crippen LogP contribution in [0.15, 0.2) is 41.8 Å². The summed E-state index contributed by atoms with van der Waals surface area (Å²) in [5.74, 6) is 0.950. The molecule has 0 aliphatic heterocycles. The van der Waals surface area contributed by atoms with Gasteiger partial charge in [0.25, 0.3) is 0 Å². The smallest absolute Gasteiger partial charge is 0.230 e. The molecule has 2 aromatic rings. The second kappa shape index (κ2) is 6.57. The fourth-order valence-corrected chi connectivity index (χ4v) is 3.18. The Morgan fingerprint density at radius 2 is 2.18 bits per heavy atom. The summed E-state index contributed by atoms with van der Waals surface area (Å²) < 4.78 is 2.07. The second-order valence-corrected chi connectivity index (χ2v) is 6.87. The summed E-state index contributed by atoms with van der Waals surface area (Å²) in [4.78, 5) is 16.2. The predicted octanol–water partition coefficient (Wildman–Crippen LogP) is 3.37. The van der Waals surface area contributed by atoms with Gasteiger partial charge in [0.15, 0.2) is 5.16 Å². The molecule has 1 aliphatic carbocycles. The Kier molecular flexibility index (Phi) is 4.52. The zero-order valence-corrected chi connectivity index (χ0v) is 13.8. The van der Waals surface area contributed by atoms with Crippen molar-refractivity contribution in [3.63, 3.8) is 0 Å². The van der Waals surface area contributed by atoms with Crippen molar-refractivity contribution in [2.45, 2.75) is 43.8 Å². The van der Waals surface area contributed by atoms with E-state index in [1.165, 1.54) is 17.3 Å². The molecule has 1 heterocycles. The lowest BCUT2D eigenvalue weighted by molar-refractivity contribution is -0.118. The minimum absolute atomic E-state index is 0.0965. The number of hydrogen-bond acceptors (Lipinski definition) is 3. The van der Waals surface area contributed by atoms with Crippen LogP contribution in [0.3, 0.4) is 0 Å². The molecule has 0 saturated heterocycles. The first-order valence-corrected chi connectivity index (χ1v) is 8.68. The van der Waals surface area contributed by atoms with Crippen LogP contribution in [0.1, 0.15) is 38.2 Å². The standard InChI is InChI=1S/C17H21N3OS/c1-12(2)14-5-3-4-6-15(14)20-10-9-18-17(20)22-11-16(21)19-13-7-8-13/h3-6,9-10,12-13H,7-8,11H2,1-2H3,(H,19,21). The Balaban J connectivity index is 1.75. The number of aromatic nitrogens is 2. The van der Waals surface area contributed by atoms with E-state index in [2.05, 4.69) is 46.9 Å². The maximum Gasteiger partial charge on any atom is 0.230 e. The predicted molar refractivity (Wildman–Crippen MR) is 89.5 cm³/mol. The molecule has 1 aromatic carbocycles. The van der Waals surface area contributed by atoms with Gasteiger partial charge in [-0.25, -0.2) is 4.98 Å². The SMILES string of the molecule is CC(C)c1ccccc1-n1ccnc1SCC(=O)NC1CC1. The lowest BCUT2D eigenvalue weighted by Gasteiger charge is -2.15. The van der Waals surface area contributed by atoms with Gasteiger partial charge in [-0.3, -0.25) is 9.36 Å². The lowest BCUT2D eigenvalue weighted by atomic mass is 10.0. The molecule has 1 aromatic heterocycles. The highest BCUT2D eigenvalue weighted by atomic mass is 32.2. The van der Waals surface area contributed by atoms with Gasteiger partial charge in [-0.1, -0.05) is 43.8 Å². The van der Waals surface area contributed by atoms with Crippen molar-refractivity contribution >= 4 is 17.7 Å².